The van der Waals surface area contributed by atoms with E-state index in [9.17, 15) is 82.1 Å². The SMILES string of the molecule is CC(=O)[C@@H](CCCCNC(=O)COCCOCCNC(=O)COCCOCCCC(=O)CC[C@@H](CC(=O)CCCCCCCCCCOc1ccc(C(=O)O)cc1)C(=O)O)CC(=O)[C@H](CCCCNC(=O)COCCOCCCC(=O)COCCOCCNC(=O)CC[C@H](CC(=O)CCCCCCCCCCOc1ccc(C(=O)O)cc1)C(=O)O)NCC(=O)[C@@H](N)Cc1cnc[nH]1. The monoisotopic (exact) mass is 1870 g/mol. The van der Waals surface area contributed by atoms with Crippen LogP contribution in [-0.2, 0) is 107 Å². The van der Waals surface area contributed by atoms with Gasteiger partial charge in [0.1, 0.15) is 66.8 Å². The minimum Gasteiger partial charge on any atom is -0.494 e. The number of rotatable bonds is 92. The van der Waals surface area contributed by atoms with E-state index in [1.54, 1.807) is 30.5 Å². The molecule has 0 aliphatic carbocycles. The molecule has 37 heteroatoms. The van der Waals surface area contributed by atoms with Gasteiger partial charge in [0, 0.05) is 121 Å². The highest BCUT2D eigenvalue weighted by Gasteiger charge is 2.28. The lowest BCUT2D eigenvalue weighted by Gasteiger charge is -2.21. The number of aromatic carboxylic acids is 2. The maximum atomic E-state index is 13.9. The molecule has 132 heavy (non-hydrogen) atoms. The van der Waals surface area contributed by atoms with Crippen LogP contribution in [0.25, 0.3) is 0 Å². The number of aromatic amines is 1. The average molecular weight is 1870 g/mol. The molecule has 0 saturated carbocycles. The summed E-state index contributed by atoms with van der Waals surface area (Å²) < 4.78 is 55.0. The third kappa shape index (κ3) is 63.4. The predicted molar refractivity (Wildman–Crippen MR) is 487 cm³/mol. The Balaban J connectivity index is 1.13. The molecule has 0 aliphatic heterocycles. The topological polar surface area (TPSA) is 544 Å². The Morgan fingerprint density at radius 1 is 0.356 bits per heavy atom. The van der Waals surface area contributed by atoms with Gasteiger partial charge in [0.25, 0.3) is 0 Å². The first-order valence-electron chi connectivity index (χ1n) is 46.9. The molecule has 37 nitrogen and oxygen atoms in total. The number of carbonyl (C=O) groups excluding carboxylic acids is 11. The van der Waals surface area contributed by atoms with Crippen molar-refractivity contribution in [2.45, 2.75) is 250 Å². The number of aliphatic carboxylic acids is 2. The Labute approximate surface area is 775 Å². The molecule has 12 N–H and O–H groups in total. The number of nitrogens with zero attached hydrogens (tertiary/aromatic N) is 1. The number of carbonyl (C=O) groups is 15. The van der Waals surface area contributed by atoms with Crippen molar-refractivity contribution >= 4 is 88.0 Å². The zero-order valence-corrected chi connectivity index (χ0v) is 77.4. The number of carboxylic acid groups (broad SMARTS) is 4. The standard InChI is InChI=1S/C95H148N8O29/c1-71(104)74(24-16-18-42-98-89(112)68-130-59-55-126-51-45-101-91(114)69-129-58-52-123-46-22-27-78(105)36-30-75(94(119)120)60-79(106)25-14-10-6-2-4-8-12-20-48-131-82-37-31-72(32-38-82)92(115)116)62-86(109)85(102-65-87(110)84(96)63-77-64-97-70-103-77)29-17-19-43-99-90(113)67-128-57-53-124-47-23-28-81(108)66-127-56-54-125-50-44-100-88(111)41-35-76(95(121)122)61-80(107)26-15-11-7-3-5-9-13-21-49-132-83-39-33-73(34-40-83)93(117)118/h31-34,37-40,64,70,74-76,84-85,102H,2-30,35-36,41-63,65-69,96H2,1H3,(H,97,103)(H,98,112)(H,99,113)(H,100,111)(H,101,114)(H,115,116)(H,117,118)(H,119,120)(H,121,122)/t74-,75-,76+,84-,85-/m0/s1. The highest BCUT2D eigenvalue weighted by molar-refractivity contribution is 5.92. The fourth-order valence-corrected chi connectivity index (χ4v) is 13.8. The van der Waals surface area contributed by atoms with E-state index in [2.05, 4.69) is 36.6 Å². The van der Waals surface area contributed by atoms with E-state index in [-0.39, 0.29) is 271 Å². The number of Topliss-reactive ketones (excluding diaryl/α,β-unsaturated/α-hetero) is 7. The fourth-order valence-electron chi connectivity index (χ4n) is 13.8. The zero-order valence-electron chi connectivity index (χ0n) is 77.4. The molecular weight excluding hydrogens is 1720 g/mol. The molecule has 1 heterocycles. The molecule has 0 aliphatic rings. The molecule has 0 bridgehead atoms. The first-order chi connectivity index (χ1) is 63.8. The fraction of sp³-hybridized carbons (Fsp3) is 0.684. The number of benzene rings is 2. The molecule has 742 valence electrons. The molecule has 1 aromatic heterocycles. The van der Waals surface area contributed by atoms with Gasteiger partial charge in [-0.2, -0.15) is 0 Å². The highest BCUT2D eigenvalue weighted by atomic mass is 16.5. The summed E-state index contributed by atoms with van der Waals surface area (Å²) in [6.45, 7) is 4.74. The second-order valence-corrected chi connectivity index (χ2v) is 32.7. The predicted octanol–water partition coefficient (Wildman–Crippen LogP) is 9.06. The van der Waals surface area contributed by atoms with E-state index in [0.717, 1.165) is 89.9 Å². The number of carboxylic acids is 4. The first-order valence-corrected chi connectivity index (χ1v) is 46.9. The van der Waals surface area contributed by atoms with E-state index < -0.39 is 53.7 Å². The number of nitrogens with two attached hydrogens (primary N) is 1. The molecule has 5 atom stereocenters. The van der Waals surface area contributed by atoms with Crippen molar-refractivity contribution in [3.63, 3.8) is 0 Å². The van der Waals surface area contributed by atoms with Crippen LogP contribution in [0.1, 0.15) is 258 Å². The van der Waals surface area contributed by atoms with Crippen LogP contribution in [-0.4, -0.2) is 282 Å². The molecular formula is C95H148N8O29. The zero-order chi connectivity index (χ0) is 96.2. The van der Waals surface area contributed by atoms with Crippen molar-refractivity contribution in [2.24, 2.45) is 23.5 Å². The lowest BCUT2D eigenvalue weighted by atomic mass is 9.89. The molecule has 0 radical (unpaired) electrons. The third-order valence-corrected chi connectivity index (χ3v) is 21.5. The Bertz CT molecular complexity index is 3760. The van der Waals surface area contributed by atoms with Crippen molar-refractivity contribution in [1.82, 2.24) is 36.6 Å². The summed E-state index contributed by atoms with van der Waals surface area (Å²) in [7, 11) is 0. The first kappa shape index (κ1) is 116. The van der Waals surface area contributed by atoms with E-state index in [1.165, 1.54) is 37.5 Å². The van der Waals surface area contributed by atoms with Crippen LogP contribution in [0.4, 0.5) is 0 Å². The number of ether oxygens (including phenoxy) is 10. The third-order valence-electron chi connectivity index (χ3n) is 21.5. The number of hydrogen-bond acceptors (Lipinski definition) is 28. The van der Waals surface area contributed by atoms with Gasteiger partial charge in [-0.15, -0.1) is 0 Å². The maximum Gasteiger partial charge on any atom is 0.335 e. The van der Waals surface area contributed by atoms with Crippen LogP contribution in [0.15, 0.2) is 61.1 Å². The minimum atomic E-state index is -1.11. The van der Waals surface area contributed by atoms with Gasteiger partial charge in [-0.3, -0.25) is 62.3 Å². The van der Waals surface area contributed by atoms with Gasteiger partial charge in [-0.05, 0) is 139 Å². The van der Waals surface area contributed by atoms with Crippen molar-refractivity contribution in [3.05, 3.63) is 77.9 Å². The van der Waals surface area contributed by atoms with E-state index >= 15 is 0 Å². The van der Waals surface area contributed by atoms with Crippen LogP contribution < -0.4 is 41.8 Å². The summed E-state index contributed by atoms with van der Waals surface area (Å²) >= 11 is 0. The number of imidazole rings is 1. The van der Waals surface area contributed by atoms with E-state index in [4.69, 9.17) is 63.3 Å². The number of H-pyrrole nitrogens is 1. The number of amides is 4. The van der Waals surface area contributed by atoms with Crippen LogP contribution in [0.5, 0.6) is 11.5 Å². The lowest BCUT2D eigenvalue weighted by molar-refractivity contribution is -0.144. The molecule has 4 amide bonds. The summed E-state index contributed by atoms with van der Waals surface area (Å²) in [5.74, 6) is -8.00. The van der Waals surface area contributed by atoms with Gasteiger partial charge in [-0.1, -0.05) is 83.5 Å². The number of hydrogen-bond donors (Lipinski definition) is 11. The van der Waals surface area contributed by atoms with Crippen LogP contribution in [0.2, 0.25) is 0 Å². The molecule has 0 unspecified atom stereocenters. The van der Waals surface area contributed by atoms with Crippen molar-refractivity contribution in [2.75, 3.05) is 152 Å². The van der Waals surface area contributed by atoms with E-state index in [1.807, 2.05) is 0 Å². The highest BCUT2D eigenvalue weighted by Crippen LogP contribution is 2.23. The Morgan fingerprint density at radius 3 is 1.19 bits per heavy atom. The quantitative estimate of drug-likeness (QED) is 0.0235. The van der Waals surface area contributed by atoms with Crippen LogP contribution >= 0.6 is 0 Å². The molecule has 2 aromatic carbocycles. The van der Waals surface area contributed by atoms with Gasteiger partial charge in [0.2, 0.25) is 23.6 Å². The normalized spacial score (nSPS) is 12.4. The molecule has 0 saturated heterocycles. The van der Waals surface area contributed by atoms with Gasteiger partial charge in [0.05, 0.1) is 127 Å². The molecule has 3 aromatic rings. The number of aromatic nitrogens is 2. The largest absolute Gasteiger partial charge is 0.494 e. The Kier molecular flexibility index (Phi) is 67.7. The summed E-state index contributed by atoms with van der Waals surface area (Å²) in [5, 5.41) is 51.4. The van der Waals surface area contributed by atoms with Crippen LogP contribution in [0, 0.1) is 17.8 Å². The minimum absolute atomic E-state index is 0.0354. The Morgan fingerprint density at radius 2 is 0.750 bits per heavy atom. The summed E-state index contributed by atoms with van der Waals surface area (Å²) in [6.07, 6.45) is 23.0. The number of unbranched alkanes of at least 4 members (excludes halogenated alkanes) is 16. The number of ketones is 7. The van der Waals surface area contributed by atoms with Gasteiger partial charge in [-0.25, -0.2) is 14.6 Å². The Hall–Kier alpha value is -9.70. The smallest absolute Gasteiger partial charge is 0.335 e. The second kappa shape index (κ2) is 76.7. The van der Waals surface area contributed by atoms with Gasteiger partial charge < -0.3 is 105 Å². The molecule has 0 spiro atoms. The number of nitrogens with one attached hydrogen (secondary N) is 6. The summed E-state index contributed by atoms with van der Waals surface area (Å²) in [4.78, 5) is 192. The lowest BCUT2D eigenvalue weighted by Crippen LogP contribution is -2.45. The molecule has 3 rings (SSSR count). The van der Waals surface area contributed by atoms with Crippen LogP contribution in [0.3, 0.4) is 0 Å². The molecule has 0 fully saturated rings. The summed E-state index contributed by atoms with van der Waals surface area (Å²) in [5.41, 5.74) is 7.30. The van der Waals surface area contributed by atoms with Gasteiger partial charge in [0.15, 0.2) is 11.6 Å². The van der Waals surface area contributed by atoms with Crippen molar-refractivity contribution < 1.29 is 140 Å². The summed E-state index contributed by atoms with van der Waals surface area (Å²) in [6, 6.07) is 11.0. The average Bonchev–Trinajstić information content (AvgIpc) is 0.922. The van der Waals surface area contributed by atoms with Crippen molar-refractivity contribution in [3.8, 4) is 11.5 Å². The van der Waals surface area contributed by atoms with Gasteiger partial charge >= 0.3 is 23.9 Å². The van der Waals surface area contributed by atoms with Crippen molar-refractivity contribution in [1.29, 1.82) is 0 Å². The maximum absolute atomic E-state index is 13.9. The van der Waals surface area contributed by atoms with E-state index in [0.29, 0.717) is 114 Å². The second-order valence-electron chi connectivity index (χ2n) is 32.7.